The molecule has 0 amide bonds. The van der Waals surface area contributed by atoms with E-state index in [9.17, 15) is 0 Å². The molecule has 3 aromatic rings. The fraction of sp³-hybridized carbons (Fsp3) is 0.118. The number of allylic oxidation sites excluding steroid dienone is 2. The molecule has 0 saturated heterocycles. The highest BCUT2D eigenvalue weighted by atomic mass is 16.3. The van der Waals surface area contributed by atoms with Crippen molar-refractivity contribution in [3.05, 3.63) is 54.1 Å². The molecule has 19 heavy (non-hydrogen) atoms. The Morgan fingerprint density at radius 3 is 2.68 bits per heavy atom. The number of benzene rings is 2. The zero-order valence-corrected chi connectivity index (χ0v) is 11.1. The molecule has 0 saturated carbocycles. The van der Waals surface area contributed by atoms with E-state index in [4.69, 9.17) is 4.42 Å². The monoisotopic (exact) mass is 249 g/mol. The first-order valence-corrected chi connectivity index (χ1v) is 6.37. The third-order valence-corrected chi connectivity index (χ3v) is 3.25. The van der Waals surface area contributed by atoms with E-state index in [1.165, 1.54) is 0 Å². The molecule has 0 aliphatic carbocycles. The zero-order chi connectivity index (χ0) is 13.2. The normalized spacial score (nSPS) is 12.8. The second-order valence-electron chi connectivity index (χ2n) is 4.54. The summed E-state index contributed by atoms with van der Waals surface area (Å²) in [5.41, 5.74) is 3.76. The van der Waals surface area contributed by atoms with Crippen LogP contribution in [0.5, 0.6) is 0 Å². The molecule has 3 rings (SSSR count). The fourth-order valence-corrected chi connectivity index (χ4v) is 2.08. The minimum absolute atomic E-state index is 0.851. The van der Waals surface area contributed by atoms with Crippen molar-refractivity contribution in [2.45, 2.75) is 13.8 Å². The lowest BCUT2D eigenvalue weighted by Gasteiger charge is -1.95. The van der Waals surface area contributed by atoms with Gasteiger partial charge in [0.2, 0.25) is 0 Å². The number of para-hydroxylation sites is 2. The Labute approximate surface area is 112 Å². The first-order valence-electron chi connectivity index (χ1n) is 6.37. The van der Waals surface area contributed by atoms with Crippen molar-refractivity contribution in [3.8, 4) is 0 Å². The van der Waals surface area contributed by atoms with E-state index in [-0.39, 0.29) is 0 Å². The predicted molar refractivity (Wildman–Crippen MR) is 81.3 cm³/mol. The Kier molecular flexibility index (Phi) is 2.92. The average Bonchev–Trinajstić information content (AvgIpc) is 2.84. The number of fused-ring (bicyclic) bond motifs is 3. The summed E-state index contributed by atoms with van der Waals surface area (Å²) in [4.78, 5) is 4.51. The van der Waals surface area contributed by atoms with E-state index < -0.39 is 0 Å². The van der Waals surface area contributed by atoms with E-state index in [0.29, 0.717) is 0 Å². The number of furan rings is 1. The van der Waals surface area contributed by atoms with Crippen LogP contribution in [0.1, 0.15) is 13.8 Å². The zero-order valence-electron chi connectivity index (χ0n) is 11.1. The van der Waals surface area contributed by atoms with Crippen molar-refractivity contribution < 1.29 is 4.42 Å². The quantitative estimate of drug-likeness (QED) is 0.569. The van der Waals surface area contributed by atoms with Gasteiger partial charge in [-0.25, -0.2) is 0 Å². The molecular formula is C17H15NO. The van der Waals surface area contributed by atoms with E-state index >= 15 is 0 Å². The molecule has 0 aliphatic heterocycles. The maximum Gasteiger partial charge on any atom is 0.160 e. The molecule has 0 N–H and O–H groups in total. The third-order valence-electron chi connectivity index (χ3n) is 3.25. The van der Waals surface area contributed by atoms with Crippen LogP contribution < -0.4 is 0 Å². The lowest BCUT2D eigenvalue weighted by atomic mass is 10.1. The number of rotatable bonds is 2. The summed E-state index contributed by atoms with van der Waals surface area (Å²) < 4.78 is 5.92. The lowest BCUT2D eigenvalue weighted by molar-refractivity contribution is 0.669. The molecule has 1 heterocycles. The first kappa shape index (κ1) is 11.7. The molecule has 0 atom stereocenters. The van der Waals surface area contributed by atoms with Gasteiger partial charge in [0.1, 0.15) is 11.3 Å². The van der Waals surface area contributed by atoms with Gasteiger partial charge in [0.25, 0.3) is 0 Å². The van der Waals surface area contributed by atoms with Gasteiger partial charge in [-0.1, -0.05) is 36.4 Å². The van der Waals surface area contributed by atoms with Crippen molar-refractivity contribution in [2.24, 2.45) is 4.99 Å². The largest absolute Gasteiger partial charge is 0.454 e. The van der Waals surface area contributed by atoms with Crippen LogP contribution >= 0.6 is 0 Å². The topological polar surface area (TPSA) is 25.5 Å². The number of hydrogen-bond donors (Lipinski definition) is 0. The van der Waals surface area contributed by atoms with Gasteiger partial charge < -0.3 is 4.42 Å². The van der Waals surface area contributed by atoms with Crippen molar-refractivity contribution in [1.82, 2.24) is 0 Å². The maximum atomic E-state index is 5.92. The van der Waals surface area contributed by atoms with Crippen molar-refractivity contribution >= 4 is 33.8 Å². The SMILES string of the molecule is C/C=C(/C)C=Nc1cccc2c1oc1ccccc12. The highest BCUT2D eigenvalue weighted by Crippen LogP contribution is 2.34. The van der Waals surface area contributed by atoms with Crippen LogP contribution in [0, 0.1) is 0 Å². The minimum atomic E-state index is 0.851. The minimum Gasteiger partial charge on any atom is -0.454 e. The summed E-state index contributed by atoms with van der Waals surface area (Å²) >= 11 is 0. The molecule has 2 heteroatoms. The Bertz CT molecular complexity index is 793. The predicted octanol–water partition coefficient (Wildman–Crippen LogP) is 5.25. The van der Waals surface area contributed by atoms with Crippen LogP contribution in [0.2, 0.25) is 0 Å². The maximum absolute atomic E-state index is 5.92. The Balaban J connectivity index is 2.23. The molecule has 94 valence electrons. The smallest absolute Gasteiger partial charge is 0.160 e. The van der Waals surface area contributed by atoms with Crippen LogP contribution in [-0.2, 0) is 0 Å². The van der Waals surface area contributed by atoms with E-state index in [1.54, 1.807) is 0 Å². The molecule has 0 unspecified atom stereocenters. The summed E-state index contributed by atoms with van der Waals surface area (Å²) in [5.74, 6) is 0. The standard InChI is InChI=1S/C17H15NO/c1-3-12(2)11-18-15-9-6-8-14-13-7-4-5-10-16(13)19-17(14)15/h3-11H,1-2H3/b12-3-,18-11?. The van der Waals surface area contributed by atoms with Crippen molar-refractivity contribution in [3.63, 3.8) is 0 Å². The number of hydrogen-bond acceptors (Lipinski definition) is 2. The van der Waals surface area contributed by atoms with E-state index in [2.05, 4.69) is 17.1 Å². The Hall–Kier alpha value is -2.35. The summed E-state index contributed by atoms with van der Waals surface area (Å²) in [6.07, 6.45) is 3.89. The van der Waals surface area contributed by atoms with E-state index in [0.717, 1.165) is 33.2 Å². The van der Waals surface area contributed by atoms with Gasteiger partial charge in [-0.15, -0.1) is 0 Å². The van der Waals surface area contributed by atoms with E-state index in [1.807, 2.05) is 56.5 Å². The molecule has 2 aromatic carbocycles. The highest BCUT2D eigenvalue weighted by molar-refractivity contribution is 6.08. The number of aliphatic imine (C=N–C) groups is 1. The molecule has 0 aliphatic rings. The molecule has 0 fully saturated rings. The van der Waals surface area contributed by atoms with Crippen molar-refractivity contribution in [1.29, 1.82) is 0 Å². The summed E-state index contributed by atoms with van der Waals surface area (Å²) in [7, 11) is 0. The highest BCUT2D eigenvalue weighted by Gasteiger charge is 2.08. The molecule has 1 aromatic heterocycles. The van der Waals surface area contributed by atoms with Gasteiger partial charge in [-0.05, 0) is 31.6 Å². The molecule has 2 nitrogen and oxygen atoms in total. The van der Waals surface area contributed by atoms with Crippen molar-refractivity contribution in [2.75, 3.05) is 0 Å². The van der Waals surface area contributed by atoms with Crippen LogP contribution in [0.15, 0.2) is 63.5 Å². The van der Waals surface area contributed by atoms with Crippen LogP contribution in [-0.4, -0.2) is 6.21 Å². The first-order chi connectivity index (χ1) is 9.29. The Morgan fingerprint density at radius 1 is 1.05 bits per heavy atom. The van der Waals surface area contributed by atoms with Gasteiger partial charge in [-0.2, -0.15) is 0 Å². The van der Waals surface area contributed by atoms with Crippen LogP contribution in [0.3, 0.4) is 0 Å². The number of nitrogens with zero attached hydrogens (tertiary/aromatic N) is 1. The summed E-state index contributed by atoms with van der Waals surface area (Å²) in [5, 5.41) is 2.25. The molecule has 0 bridgehead atoms. The second-order valence-corrected chi connectivity index (χ2v) is 4.54. The van der Waals surface area contributed by atoms with Gasteiger partial charge >= 0.3 is 0 Å². The summed E-state index contributed by atoms with van der Waals surface area (Å²) in [6, 6.07) is 14.1. The second kappa shape index (κ2) is 4.73. The third kappa shape index (κ3) is 2.06. The Morgan fingerprint density at radius 2 is 1.84 bits per heavy atom. The van der Waals surface area contributed by atoms with Gasteiger partial charge in [0.05, 0.1) is 0 Å². The van der Waals surface area contributed by atoms with Gasteiger partial charge in [0.15, 0.2) is 5.58 Å². The van der Waals surface area contributed by atoms with Crippen LogP contribution in [0.25, 0.3) is 21.9 Å². The fourth-order valence-electron chi connectivity index (χ4n) is 2.08. The van der Waals surface area contributed by atoms with Crippen LogP contribution in [0.4, 0.5) is 5.69 Å². The van der Waals surface area contributed by atoms with Gasteiger partial charge in [-0.3, -0.25) is 4.99 Å². The molecular weight excluding hydrogens is 234 g/mol. The molecule has 0 radical (unpaired) electrons. The average molecular weight is 249 g/mol. The lowest BCUT2D eigenvalue weighted by Crippen LogP contribution is -1.75. The molecule has 0 spiro atoms. The van der Waals surface area contributed by atoms with Gasteiger partial charge in [0, 0.05) is 17.0 Å². The summed E-state index contributed by atoms with van der Waals surface area (Å²) in [6.45, 7) is 4.03.